The molecular weight excluding hydrogens is 295 g/mol. The second kappa shape index (κ2) is 5.62. The average Bonchev–Trinajstić information content (AvgIpc) is 2.93. The van der Waals surface area contributed by atoms with Crippen molar-refractivity contribution in [2.45, 2.75) is 0 Å². The molecule has 6 heteroatoms. The molecule has 0 atom stereocenters. The molecule has 23 heavy (non-hydrogen) atoms. The molecule has 0 N–H and O–H groups in total. The summed E-state index contributed by atoms with van der Waals surface area (Å²) in [5.41, 5.74) is 1.98. The van der Waals surface area contributed by atoms with Crippen LogP contribution in [0, 0.1) is 5.82 Å². The van der Waals surface area contributed by atoms with E-state index in [0.29, 0.717) is 37.9 Å². The van der Waals surface area contributed by atoms with Crippen LogP contribution in [0.2, 0.25) is 0 Å². The van der Waals surface area contributed by atoms with Crippen molar-refractivity contribution in [3.8, 4) is 11.5 Å². The van der Waals surface area contributed by atoms with E-state index in [2.05, 4.69) is 9.97 Å². The summed E-state index contributed by atoms with van der Waals surface area (Å²) >= 11 is 0. The van der Waals surface area contributed by atoms with E-state index in [4.69, 9.17) is 4.74 Å². The molecule has 1 saturated heterocycles. The number of hydrogen-bond donors (Lipinski definition) is 0. The Balaban J connectivity index is 1.80. The van der Waals surface area contributed by atoms with Gasteiger partial charge in [-0.25, -0.2) is 14.4 Å². The molecule has 0 unspecified atom stereocenters. The molecule has 1 aliphatic rings. The molecule has 2 aromatic heterocycles. The van der Waals surface area contributed by atoms with Gasteiger partial charge in [-0.1, -0.05) is 18.2 Å². The van der Waals surface area contributed by atoms with Gasteiger partial charge in [0.25, 0.3) is 0 Å². The van der Waals surface area contributed by atoms with E-state index in [1.165, 1.54) is 6.20 Å². The Morgan fingerprint density at radius 3 is 2.74 bits per heavy atom. The van der Waals surface area contributed by atoms with Crippen LogP contribution in [-0.4, -0.2) is 40.8 Å². The SMILES string of the molecule is Cn1c(-c2ncc(F)c(N3CCOCC3)n2)cc2ccccc21. The van der Waals surface area contributed by atoms with Crippen LogP contribution < -0.4 is 4.90 Å². The van der Waals surface area contributed by atoms with Gasteiger partial charge in [0.15, 0.2) is 17.5 Å². The number of benzene rings is 1. The van der Waals surface area contributed by atoms with Crippen molar-refractivity contribution in [2.75, 3.05) is 31.2 Å². The zero-order valence-electron chi connectivity index (χ0n) is 12.9. The van der Waals surface area contributed by atoms with E-state index in [9.17, 15) is 4.39 Å². The molecule has 1 aromatic carbocycles. The lowest BCUT2D eigenvalue weighted by Gasteiger charge is -2.28. The van der Waals surface area contributed by atoms with Gasteiger partial charge in [-0.3, -0.25) is 0 Å². The van der Waals surface area contributed by atoms with Gasteiger partial charge in [0.2, 0.25) is 0 Å². The summed E-state index contributed by atoms with van der Waals surface area (Å²) in [6.07, 6.45) is 1.25. The smallest absolute Gasteiger partial charge is 0.183 e. The van der Waals surface area contributed by atoms with Crippen molar-refractivity contribution in [2.24, 2.45) is 7.05 Å². The number of rotatable bonds is 2. The van der Waals surface area contributed by atoms with Crippen molar-refractivity contribution in [3.63, 3.8) is 0 Å². The Kier molecular flexibility index (Phi) is 3.46. The zero-order valence-corrected chi connectivity index (χ0v) is 12.9. The third kappa shape index (κ3) is 2.45. The Hall–Kier alpha value is -2.47. The fourth-order valence-electron chi connectivity index (χ4n) is 2.98. The topological polar surface area (TPSA) is 43.2 Å². The van der Waals surface area contributed by atoms with Gasteiger partial charge in [0, 0.05) is 31.0 Å². The van der Waals surface area contributed by atoms with Crippen LogP contribution in [0.4, 0.5) is 10.2 Å². The second-order valence-electron chi connectivity index (χ2n) is 5.61. The first-order chi connectivity index (χ1) is 11.2. The summed E-state index contributed by atoms with van der Waals surface area (Å²) in [5, 5.41) is 1.12. The fraction of sp³-hybridized carbons (Fsp3) is 0.294. The quantitative estimate of drug-likeness (QED) is 0.729. The zero-order chi connectivity index (χ0) is 15.8. The van der Waals surface area contributed by atoms with Crippen molar-refractivity contribution >= 4 is 16.7 Å². The molecule has 0 aliphatic carbocycles. The molecule has 0 amide bonds. The minimum atomic E-state index is -0.394. The van der Waals surface area contributed by atoms with E-state index in [1.807, 2.05) is 46.8 Å². The third-order valence-corrected chi connectivity index (χ3v) is 4.22. The maximum atomic E-state index is 14.2. The van der Waals surface area contributed by atoms with Gasteiger partial charge < -0.3 is 14.2 Å². The summed E-state index contributed by atoms with van der Waals surface area (Å²) in [4.78, 5) is 10.6. The molecule has 3 heterocycles. The van der Waals surface area contributed by atoms with Crippen LogP contribution in [0.5, 0.6) is 0 Å². The average molecular weight is 312 g/mol. The summed E-state index contributed by atoms with van der Waals surface area (Å²) in [7, 11) is 1.97. The summed E-state index contributed by atoms with van der Waals surface area (Å²) in [6.45, 7) is 2.46. The molecule has 118 valence electrons. The third-order valence-electron chi connectivity index (χ3n) is 4.22. The molecule has 0 saturated carbocycles. The Morgan fingerprint density at radius 1 is 1.17 bits per heavy atom. The molecule has 0 radical (unpaired) electrons. The van der Waals surface area contributed by atoms with E-state index >= 15 is 0 Å². The van der Waals surface area contributed by atoms with Gasteiger partial charge in [-0.15, -0.1) is 0 Å². The van der Waals surface area contributed by atoms with Gasteiger partial charge >= 0.3 is 0 Å². The summed E-state index contributed by atoms with van der Waals surface area (Å²) in [6, 6.07) is 10.1. The number of anilines is 1. The molecule has 4 rings (SSSR count). The highest BCUT2D eigenvalue weighted by atomic mass is 19.1. The van der Waals surface area contributed by atoms with Gasteiger partial charge in [0.05, 0.1) is 25.1 Å². The monoisotopic (exact) mass is 312 g/mol. The minimum absolute atomic E-state index is 0.351. The number of ether oxygens (including phenoxy) is 1. The van der Waals surface area contributed by atoms with E-state index in [-0.39, 0.29) is 0 Å². The number of aromatic nitrogens is 3. The maximum Gasteiger partial charge on any atom is 0.183 e. The van der Waals surface area contributed by atoms with E-state index in [1.54, 1.807) is 0 Å². The Morgan fingerprint density at radius 2 is 1.96 bits per heavy atom. The molecule has 1 aliphatic heterocycles. The number of nitrogens with zero attached hydrogens (tertiary/aromatic N) is 4. The number of para-hydroxylation sites is 1. The predicted octanol–water partition coefficient (Wildman–Crippen LogP) is 2.61. The predicted molar refractivity (Wildman–Crippen MR) is 86.9 cm³/mol. The van der Waals surface area contributed by atoms with Crippen molar-refractivity contribution in [1.29, 1.82) is 0 Å². The van der Waals surface area contributed by atoms with Crippen LogP contribution in [-0.2, 0) is 11.8 Å². The lowest BCUT2D eigenvalue weighted by atomic mass is 10.2. The van der Waals surface area contributed by atoms with Gasteiger partial charge in [-0.05, 0) is 12.1 Å². The van der Waals surface area contributed by atoms with Crippen molar-refractivity contribution < 1.29 is 9.13 Å². The number of halogens is 1. The first-order valence-corrected chi connectivity index (χ1v) is 7.64. The molecule has 1 fully saturated rings. The fourth-order valence-corrected chi connectivity index (χ4v) is 2.98. The summed E-state index contributed by atoms with van der Waals surface area (Å²) < 4.78 is 21.5. The van der Waals surface area contributed by atoms with E-state index in [0.717, 1.165) is 16.6 Å². The Labute approximate surface area is 133 Å². The van der Waals surface area contributed by atoms with Crippen LogP contribution in [0.15, 0.2) is 36.5 Å². The lowest BCUT2D eigenvalue weighted by Crippen LogP contribution is -2.37. The highest BCUT2D eigenvalue weighted by Gasteiger charge is 2.19. The van der Waals surface area contributed by atoms with Crippen LogP contribution in [0.25, 0.3) is 22.4 Å². The molecular formula is C17H17FN4O. The van der Waals surface area contributed by atoms with Gasteiger partial charge in [-0.2, -0.15) is 0 Å². The van der Waals surface area contributed by atoms with Crippen molar-refractivity contribution in [1.82, 2.24) is 14.5 Å². The number of morpholine rings is 1. The standard InChI is InChI=1S/C17H17FN4O/c1-21-14-5-3-2-4-12(14)10-15(21)16-19-11-13(18)17(20-16)22-6-8-23-9-7-22/h2-5,10-11H,6-9H2,1H3. The normalized spacial score (nSPS) is 15.3. The first kappa shape index (κ1) is 14.1. The maximum absolute atomic E-state index is 14.2. The largest absolute Gasteiger partial charge is 0.378 e. The van der Waals surface area contributed by atoms with Crippen LogP contribution >= 0.6 is 0 Å². The Bertz CT molecular complexity index is 855. The molecule has 5 nitrogen and oxygen atoms in total. The van der Waals surface area contributed by atoms with Crippen molar-refractivity contribution in [3.05, 3.63) is 42.3 Å². The first-order valence-electron chi connectivity index (χ1n) is 7.64. The number of fused-ring (bicyclic) bond motifs is 1. The molecule has 0 bridgehead atoms. The molecule has 3 aromatic rings. The number of hydrogen-bond acceptors (Lipinski definition) is 4. The summed E-state index contributed by atoms with van der Waals surface area (Å²) in [5.74, 6) is 0.490. The molecule has 0 spiro atoms. The highest BCUT2D eigenvalue weighted by molar-refractivity contribution is 5.85. The van der Waals surface area contributed by atoms with Crippen LogP contribution in [0.1, 0.15) is 0 Å². The van der Waals surface area contributed by atoms with Crippen LogP contribution in [0.3, 0.4) is 0 Å². The highest BCUT2D eigenvalue weighted by Crippen LogP contribution is 2.27. The second-order valence-corrected chi connectivity index (χ2v) is 5.61. The van der Waals surface area contributed by atoms with Gasteiger partial charge in [0.1, 0.15) is 0 Å². The van der Waals surface area contributed by atoms with E-state index < -0.39 is 5.82 Å². The lowest BCUT2D eigenvalue weighted by molar-refractivity contribution is 0.122. The minimum Gasteiger partial charge on any atom is -0.378 e. The number of aryl methyl sites for hydroxylation is 1.